The number of ether oxygens (including phenoxy) is 1. The van der Waals surface area contributed by atoms with Crippen molar-refractivity contribution in [1.82, 2.24) is 4.98 Å². The monoisotopic (exact) mass is 308 g/mol. The van der Waals surface area contributed by atoms with Gasteiger partial charge in [-0.15, -0.1) is 0 Å². The van der Waals surface area contributed by atoms with Crippen LogP contribution in [0.2, 0.25) is 5.02 Å². The number of nitrogens with zero attached hydrogens (tertiary/aromatic N) is 1. The van der Waals surface area contributed by atoms with Crippen molar-refractivity contribution in [2.45, 2.75) is 13.0 Å². The van der Waals surface area contributed by atoms with Gasteiger partial charge in [0.15, 0.2) is 0 Å². The first-order chi connectivity index (χ1) is 10.0. The van der Waals surface area contributed by atoms with Crippen molar-refractivity contribution < 1.29 is 13.9 Å². The fourth-order valence-corrected chi connectivity index (χ4v) is 2.04. The van der Waals surface area contributed by atoms with E-state index in [1.54, 1.807) is 24.3 Å². The van der Waals surface area contributed by atoms with E-state index in [2.05, 4.69) is 15.0 Å². The molecule has 0 aliphatic heterocycles. The van der Waals surface area contributed by atoms with Crippen molar-refractivity contribution in [3.05, 3.63) is 58.6 Å². The molecule has 110 valence electrons. The van der Waals surface area contributed by atoms with Crippen molar-refractivity contribution >= 4 is 23.3 Å². The topological polar surface area (TPSA) is 51.2 Å². The van der Waals surface area contributed by atoms with Gasteiger partial charge in [-0.05, 0) is 37.3 Å². The van der Waals surface area contributed by atoms with Crippen molar-refractivity contribution in [2.75, 3.05) is 12.4 Å². The molecule has 6 heteroatoms. The fourth-order valence-electron chi connectivity index (χ4n) is 1.85. The molecular weight excluding hydrogens is 295 g/mol. The minimum absolute atomic E-state index is 0.155. The summed E-state index contributed by atoms with van der Waals surface area (Å²) in [6, 6.07) is 7.76. The number of methoxy groups -OCH3 is 1. The summed E-state index contributed by atoms with van der Waals surface area (Å²) in [6.45, 7) is 1.88. The summed E-state index contributed by atoms with van der Waals surface area (Å²) in [5, 5.41) is 3.49. The van der Waals surface area contributed by atoms with Gasteiger partial charge in [0.2, 0.25) is 0 Å². The molecule has 1 atom stereocenters. The zero-order valence-electron chi connectivity index (χ0n) is 11.6. The van der Waals surface area contributed by atoms with Crippen LogP contribution >= 0.6 is 11.6 Å². The summed E-state index contributed by atoms with van der Waals surface area (Å²) in [4.78, 5) is 15.6. The van der Waals surface area contributed by atoms with Gasteiger partial charge >= 0.3 is 5.97 Å². The minimum Gasteiger partial charge on any atom is -0.465 e. The van der Waals surface area contributed by atoms with Crippen LogP contribution in [0.1, 0.15) is 29.0 Å². The highest BCUT2D eigenvalue weighted by Crippen LogP contribution is 2.24. The lowest BCUT2D eigenvalue weighted by Crippen LogP contribution is -2.10. The van der Waals surface area contributed by atoms with Gasteiger partial charge in [0, 0.05) is 5.69 Å². The lowest BCUT2D eigenvalue weighted by Gasteiger charge is -2.15. The lowest BCUT2D eigenvalue weighted by molar-refractivity contribution is 0.0601. The van der Waals surface area contributed by atoms with Crippen molar-refractivity contribution in [3.63, 3.8) is 0 Å². The van der Waals surface area contributed by atoms with Gasteiger partial charge in [-0.25, -0.2) is 9.18 Å². The Morgan fingerprint density at radius 3 is 2.76 bits per heavy atom. The van der Waals surface area contributed by atoms with Gasteiger partial charge in [0.1, 0.15) is 5.82 Å². The van der Waals surface area contributed by atoms with Gasteiger partial charge < -0.3 is 10.1 Å². The predicted octanol–water partition coefficient (Wildman–Crippen LogP) is 3.83. The number of pyridine rings is 1. The second-order valence-electron chi connectivity index (χ2n) is 4.45. The average molecular weight is 309 g/mol. The maximum absolute atomic E-state index is 12.9. The predicted molar refractivity (Wildman–Crippen MR) is 79.0 cm³/mol. The highest BCUT2D eigenvalue weighted by atomic mass is 35.5. The van der Waals surface area contributed by atoms with Gasteiger partial charge in [-0.3, -0.25) is 4.98 Å². The van der Waals surface area contributed by atoms with Crippen LogP contribution in [0.5, 0.6) is 0 Å². The summed E-state index contributed by atoms with van der Waals surface area (Å²) >= 11 is 5.96. The van der Waals surface area contributed by atoms with Crippen LogP contribution in [0.25, 0.3) is 0 Å². The number of hydrogen-bond acceptors (Lipinski definition) is 4. The number of esters is 1. The number of hydrogen-bond donors (Lipinski definition) is 1. The van der Waals surface area contributed by atoms with Gasteiger partial charge in [-0.2, -0.15) is 0 Å². The van der Waals surface area contributed by atoms with Crippen LogP contribution in [0.4, 0.5) is 10.1 Å². The van der Waals surface area contributed by atoms with E-state index in [0.29, 0.717) is 16.4 Å². The molecular formula is C15H14ClFN2O2. The number of aromatic nitrogens is 1. The van der Waals surface area contributed by atoms with Crippen LogP contribution in [0, 0.1) is 5.82 Å². The number of anilines is 1. The number of carbonyl (C=O) groups is 1. The Balaban J connectivity index is 2.19. The molecule has 0 fully saturated rings. The zero-order chi connectivity index (χ0) is 15.4. The van der Waals surface area contributed by atoms with Crippen LogP contribution in [-0.2, 0) is 4.74 Å². The minimum atomic E-state index is -0.504. The smallest absolute Gasteiger partial charge is 0.339 e. The molecule has 21 heavy (non-hydrogen) atoms. The Kier molecular flexibility index (Phi) is 4.75. The van der Waals surface area contributed by atoms with E-state index in [9.17, 15) is 9.18 Å². The maximum Gasteiger partial charge on any atom is 0.339 e. The van der Waals surface area contributed by atoms with Gasteiger partial charge in [0.05, 0.1) is 35.6 Å². The Bertz CT molecular complexity index is 647. The number of rotatable bonds is 4. The summed E-state index contributed by atoms with van der Waals surface area (Å²) in [7, 11) is 1.30. The van der Waals surface area contributed by atoms with Gasteiger partial charge in [-0.1, -0.05) is 11.6 Å². The van der Waals surface area contributed by atoms with E-state index >= 15 is 0 Å². The number of halogens is 2. The molecule has 0 aliphatic carbocycles. The molecule has 2 rings (SSSR count). The summed E-state index contributed by atoms with van der Waals surface area (Å²) in [5.41, 5.74) is 1.66. The lowest BCUT2D eigenvalue weighted by atomic mass is 10.1. The molecule has 0 saturated carbocycles. The van der Waals surface area contributed by atoms with Crippen LogP contribution < -0.4 is 5.32 Å². The van der Waals surface area contributed by atoms with Crippen molar-refractivity contribution in [3.8, 4) is 0 Å². The van der Waals surface area contributed by atoms with Crippen molar-refractivity contribution in [2.24, 2.45) is 0 Å². The first-order valence-corrected chi connectivity index (χ1v) is 6.65. The standard InChI is InChI=1S/C15H14ClFN2O2/c1-9(14-6-3-10(17)8-18-14)19-11-4-5-13(16)12(7-11)15(20)21-2/h3-9,19H,1-2H3. The molecule has 0 radical (unpaired) electrons. The third-order valence-electron chi connectivity index (χ3n) is 2.95. The zero-order valence-corrected chi connectivity index (χ0v) is 12.3. The Hall–Kier alpha value is -2.14. The number of benzene rings is 1. The molecule has 2 aromatic rings. The molecule has 1 aromatic heterocycles. The molecule has 0 spiro atoms. The second kappa shape index (κ2) is 6.54. The van der Waals surface area contributed by atoms with Gasteiger partial charge in [0.25, 0.3) is 0 Å². The van der Waals surface area contributed by atoms with Crippen LogP contribution in [-0.4, -0.2) is 18.1 Å². The molecule has 1 unspecified atom stereocenters. The summed E-state index contributed by atoms with van der Waals surface area (Å²) < 4.78 is 17.5. The van der Waals surface area contributed by atoms with Crippen LogP contribution in [0.15, 0.2) is 36.5 Å². The third-order valence-corrected chi connectivity index (χ3v) is 3.28. The number of nitrogens with one attached hydrogen (secondary N) is 1. The first-order valence-electron chi connectivity index (χ1n) is 6.27. The largest absolute Gasteiger partial charge is 0.465 e. The number of carbonyl (C=O) groups excluding carboxylic acids is 1. The van der Waals surface area contributed by atoms with E-state index in [4.69, 9.17) is 11.6 Å². The molecule has 1 N–H and O–H groups in total. The van der Waals surface area contributed by atoms with E-state index < -0.39 is 5.97 Å². The first kappa shape index (κ1) is 15.3. The molecule has 4 nitrogen and oxygen atoms in total. The molecule has 0 saturated heterocycles. The normalized spacial score (nSPS) is 11.8. The molecule has 0 amide bonds. The maximum atomic E-state index is 12.9. The fraction of sp³-hybridized carbons (Fsp3) is 0.200. The van der Waals surface area contributed by atoms with E-state index in [0.717, 1.165) is 6.20 Å². The Morgan fingerprint density at radius 2 is 2.14 bits per heavy atom. The van der Waals surface area contributed by atoms with Crippen LogP contribution in [0.3, 0.4) is 0 Å². The molecule has 1 aromatic carbocycles. The second-order valence-corrected chi connectivity index (χ2v) is 4.86. The third kappa shape index (κ3) is 3.70. The Labute approximate surface area is 126 Å². The average Bonchev–Trinajstić information content (AvgIpc) is 2.49. The summed E-state index contributed by atoms with van der Waals surface area (Å²) in [5.74, 6) is -0.887. The highest BCUT2D eigenvalue weighted by Gasteiger charge is 2.13. The Morgan fingerprint density at radius 1 is 1.38 bits per heavy atom. The van der Waals surface area contributed by atoms with Crippen molar-refractivity contribution in [1.29, 1.82) is 0 Å². The quantitative estimate of drug-likeness (QED) is 0.872. The SMILES string of the molecule is COC(=O)c1cc(NC(C)c2ccc(F)cn2)ccc1Cl. The summed E-state index contributed by atoms with van der Waals surface area (Å²) in [6.07, 6.45) is 1.16. The molecule has 0 bridgehead atoms. The van der Waals surface area contributed by atoms with E-state index in [1.165, 1.54) is 13.2 Å². The van der Waals surface area contributed by atoms with E-state index in [1.807, 2.05) is 6.92 Å². The highest BCUT2D eigenvalue weighted by molar-refractivity contribution is 6.33. The van der Waals surface area contributed by atoms with E-state index in [-0.39, 0.29) is 17.4 Å². The molecule has 1 heterocycles. The molecule has 0 aliphatic rings.